The third kappa shape index (κ3) is 6.35. The molecule has 42 heavy (non-hydrogen) atoms. The van der Waals surface area contributed by atoms with Gasteiger partial charge >= 0.3 is 5.97 Å². The van der Waals surface area contributed by atoms with E-state index >= 15 is 0 Å². The van der Waals surface area contributed by atoms with Crippen LogP contribution < -0.4 is 15.5 Å². The van der Waals surface area contributed by atoms with Crippen molar-refractivity contribution in [3.63, 3.8) is 0 Å². The number of hydrogen-bond acceptors (Lipinski definition) is 8. The van der Waals surface area contributed by atoms with Crippen LogP contribution in [0.4, 0.5) is 17.2 Å². The molecule has 10 heteroatoms. The van der Waals surface area contributed by atoms with Crippen molar-refractivity contribution < 1.29 is 19.1 Å². The average Bonchev–Trinajstić information content (AvgIpc) is 3.44. The molecule has 1 fully saturated rings. The molecule has 2 aromatic carbocycles. The Labute approximate surface area is 246 Å². The third-order valence-electron chi connectivity index (χ3n) is 7.83. The summed E-state index contributed by atoms with van der Waals surface area (Å²) in [6.07, 6.45) is 3.07. The zero-order valence-electron chi connectivity index (χ0n) is 24.2. The molecule has 0 bridgehead atoms. The van der Waals surface area contributed by atoms with Gasteiger partial charge in [0.1, 0.15) is 5.82 Å². The van der Waals surface area contributed by atoms with E-state index in [1.54, 1.807) is 29.3 Å². The largest absolute Gasteiger partial charge is 0.465 e. The van der Waals surface area contributed by atoms with Crippen molar-refractivity contribution in [2.24, 2.45) is 0 Å². The molecule has 5 rings (SSSR count). The number of pyridine rings is 1. The van der Waals surface area contributed by atoms with Gasteiger partial charge in [-0.1, -0.05) is 36.4 Å². The number of amides is 2. The molecule has 0 spiro atoms. The maximum atomic E-state index is 13.2. The highest BCUT2D eigenvalue weighted by atomic mass is 16.5. The summed E-state index contributed by atoms with van der Waals surface area (Å²) in [5, 5.41) is 6.27. The normalized spacial score (nSPS) is 15.9. The number of methoxy groups -OCH3 is 1. The topological polar surface area (TPSA) is 107 Å². The number of piperazine rings is 1. The van der Waals surface area contributed by atoms with E-state index in [4.69, 9.17) is 9.72 Å². The Hall–Kier alpha value is -4.54. The number of fused-ring (bicyclic) bond motifs is 1. The van der Waals surface area contributed by atoms with Gasteiger partial charge in [0, 0.05) is 49.7 Å². The van der Waals surface area contributed by atoms with Crippen LogP contribution in [0.15, 0.2) is 60.8 Å². The van der Waals surface area contributed by atoms with Crippen LogP contribution in [0.25, 0.3) is 11.3 Å². The van der Waals surface area contributed by atoms with Crippen LogP contribution in [0.5, 0.6) is 0 Å². The number of nitrogens with zero attached hydrogens (tertiary/aromatic N) is 4. The highest BCUT2D eigenvalue weighted by molar-refractivity contribution is 6.01. The Balaban J connectivity index is 1.43. The predicted molar refractivity (Wildman–Crippen MR) is 164 cm³/mol. The van der Waals surface area contributed by atoms with Crippen LogP contribution in [0.1, 0.15) is 34.0 Å². The molecule has 3 aromatic rings. The van der Waals surface area contributed by atoms with Gasteiger partial charge in [0.05, 0.1) is 31.1 Å². The maximum Gasteiger partial charge on any atom is 0.337 e. The van der Waals surface area contributed by atoms with E-state index in [0.29, 0.717) is 30.8 Å². The molecule has 0 radical (unpaired) electrons. The number of carbonyl (C=O) groups is 3. The fourth-order valence-electron chi connectivity index (χ4n) is 5.43. The average molecular weight is 569 g/mol. The number of nitrogens with one attached hydrogen (secondary N) is 2. The molecule has 218 valence electrons. The Morgan fingerprint density at radius 3 is 2.48 bits per heavy atom. The molecule has 1 aromatic heterocycles. The summed E-state index contributed by atoms with van der Waals surface area (Å²) < 4.78 is 4.85. The molecule has 1 saturated heterocycles. The molecular weight excluding hydrogens is 532 g/mol. The van der Waals surface area contributed by atoms with Crippen molar-refractivity contribution >= 4 is 46.7 Å². The molecule has 2 aliphatic rings. The number of aromatic nitrogens is 1. The van der Waals surface area contributed by atoms with E-state index in [2.05, 4.69) is 27.5 Å². The Morgan fingerprint density at radius 1 is 1.00 bits per heavy atom. The zero-order valence-corrected chi connectivity index (χ0v) is 24.2. The second kappa shape index (κ2) is 13.0. The van der Waals surface area contributed by atoms with Gasteiger partial charge in [0.15, 0.2) is 0 Å². The van der Waals surface area contributed by atoms with Crippen molar-refractivity contribution in [3.8, 4) is 0 Å². The van der Waals surface area contributed by atoms with Crippen LogP contribution in [0.2, 0.25) is 0 Å². The van der Waals surface area contributed by atoms with Gasteiger partial charge in [-0.3, -0.25) is 19.4 Å². The first-order valence-corrected chi connectivity index (χ1v) is 14.0. The number of ether oxygens (including phenoxy) is 1. The minimum absolute atomic E-state index is 0.0813. The first kappa shape index (κ1) is 29.0. The monoisotopic (exact) mass is 568 g/mol. The Morgan fingerprint density at radius 2 is 1.76 bits per heavy atom. The minimum Gasteiger partial charge on any atom is -0.465 e. The second-order valence-electron chi connectivity index (χ2n) is 10.6. The first-order valence-electron chi connectivity index (χ1n) is 14.0. The van der Waals surface area contributed by atoms with Crippen molar-refractivity contribution in [1.82, 2.24) is 14.8 Å². The second-order valence-corrected chi connectivity index (χ2v) is 10.6. The molecule has 0 aliphatic carbocycles. The standard InChI is InChI=1S/C32H36N6O4/c1-22(27-10-9-25(32(41)42-3)18-28(27)34-21-39)30(23-7-5-4-6-8-23)35-26-17-24-11-12-38(31(24)33-19-26)29(40)20-37-15-13-36(2)14-16-37/h4-10,17-19,21,35H,11-16,20H2,1-3H3,(H,34,39)/b30-22+. The van der Waals surface area contributed by atoms with Gasteiger partial charge in [0.2, 0.25) is 12.3 Å². The Kier molecular flexibility index (Phi) is 8.94. The summed E-state index contributed by atoms with van der Waals surface area (Å²) in [6.45, 7) is 6.70. The van der Waals surface area contributed by atoms with Crippen LogP contribution in [0, 0.1) is 0 Å². The Bertz CT molecular complexity index is 1500. The molecule has 2 aliphatic heterocycles. The van der Waals surface area contributed by atoms with E-state index in [-0.39, 0.29) is 5.91 Å². The summed E-state index contributed by atoms with van der Waals surface area (Å²) in [4.78, 5) is 47.7. The smallest absolute Gasteiger partial charge is 0.337 e. The lowest BCUT2D eigenvalue weighted by Gasteiger charge is -2.32. The van der Waals surface area contributed by atoms with Crippen molar-refractivity contribution in [1.29, 1.82) is 0 Å². The zero-order chi connectivity index (χ0) is 29.6. The van der Waals surface area contributed by atoms with Gasteiger partial charge < -0.3 is 20.3 Å². The fraction of sp³-hybridized carbons (Fsp3) is 0.312. The van der Waals surface area contributed by atoms with Crippen molar-refractivity contribution in [2.75, 3.05) is 69.0 Å². The summed E-state index contributed by atoms with van der Waals surface area (Å²) in [5.74, 6) is 0.314. The number of benzene rings is 2. The van der Waals surface area contributed by atoms with Crippen LogP contribution in [-0.2, 0) is 20.7 Å². The van der Waals surface area contributed by atoms with Gasteiger partial charge in [-0.2, -0.15) is 0 Å². The van der Waals surface area contributed by atoms with Crippen molar-refractivity contribution in [2.45, 2.75) is 13.3 Å². The van der Waals surface area contributed by atoms with E-state index in [9.17, 15) is 14.4 Å². The molecule has 2 amide bonds. The van der Waals surface area contributed by atoms with Gasteiger partial charge in [-0.15, -0.1) is 0 Å². The van der Waals surface area contributed by atoms with Crippen LogP contribution in [-0.4, -0.2) is 86.5 Å². The highest BCUT2D eigenvalue weighted by Gasteiger charge is 2.28. The summed E-state index contributed by atoms with van der Waals surface area (Å²) in [5.41, 5.74) is 5.98. The molecule has 0 saturated carbocycles. The highest BCUT2D eigenvalue weighted by Crippen LogP contribution is 2.34. The lowest BCUT2D eigenvalue weighted by Crippen LogP contribution is -2.48. The molecule has 0 atom stereocenters. The number of carbonyl (C=O) groups excluding carboxylic acids is 3. The molecule has 10 nitrogen and oxygen atoms in total. The summed E-state index contributed by atoms with van der Waals surface area (Å²) in [7, 11) is 3.42. The van der Waals surface area contributed by atoms with Gasteiger partial charge in [-0.25, -0.2) is 9.78 Å². The van der Waals surface area contributed by atoms with Crippen LogP contribution >= 0.6 is 0 Å². The van der Waals surface area contributed by atoms with Crippen LogP contribution in [0.3, 0.4) is 0 Å². The third-order valence-corrected chi connectivity index (χ3v) is 7.83. The first-order chi connectivity index (χ1) is 20.4. The molecular formula is C32H36N6O4. The molecule has 3 heterocycles. The lowest BCUT2D eigenvalue weighted by molar-refractivity contribution is -0.120. The molecule has 0 unspecified atom stereocenters. The predicted octanol–water partition coefficient (Wildman–Crippen LogP) is 3.57. The summed E-state index contributed by atoms with van der Waals surface area (Å²) >= 11 is 0. The van der Waals surface area contributed by atoms with E-state index in [1.165, 1.54) is 7.11 Å². The van der Waals surface area contributed by atoms with E-state index < -0.39 is 5.97 Å². The lowest BCUT2D eigenvalue weighted by atomic mass is 9.97. The number of rotatable bonds is 9. The number of likely N-dealkylation sites (N-methyl/N-ethyl adjacent to an activating group) is 1. The van der Waals surface area contributed by atoms with E-state index in [1.807, 2.05) is 43.3 Å². The molecule has 2 N–H and O–H groups in total. The van der Waals surface area contributed by atoms with Gasteiger partial charge in [-0.05, 0) is 55.3 Å². The van der Waals surface area contributed by atoms with Crippen molar-refractivity contribution in [3.05, 3.63) is 83.0 Å². The minimum atomic E-state index is -0.487. The van der Waals surface area contributed by atoms with E-state index in [0.717, 1.165) is 72.1 Å². The number of hydrogen-bond donors (Lipinski definition) is 2. The SMILES string of the molecule is COC(=O)c1ccc(/C(C)=C(/Nc2cnc3c(c2)CCN3C(=O)CN2CCN(C)CC2)c2ccccc2)c(NC=O)c1. The number of allylic oxidation sites excluding steroid dienone is 1. The summed E-state index contributed by atoms with van der Waals surface area (Å²) in [6, 6.07) is 17.0. The quantitative estimate of drug-likeness (QED) is 0.229. The maximum absolute atomic E-state index is 13.2. The number of anilines is 3. The van der Waals surface area contributed by atoms with Gasteiger partial charge in [0.25, 0.3) is 0 Å². The fourth-order valence-corrected chi connectivity index (χ4v) is 5.43. The number of esters is 1.